The van der Waals surface area contributed by atoms with E-state index in [0.717, 1.165) is 16.4 Å². The molecule has 0 N–H and O–H groups in total. The Balaban J connectivity index is 2.21. The normalized spacial score (nSPS) is 15.2. The van der Waals surface area contributed by atoms with Gasteiger partial charge in [-0.15, -0.1) is 0 Å². The Hall–Kier alpha value is -0.920. The van der Waals surface area contributed by atoms with Gasteiger partial charge < -0.3 is 14.9 Å². The molecule has 0 unspecified atom stereocenters. The molecule has 2 rings (SSSR count). The summed E-state index contributed by atoms with van der Waals surface area (Å²) in [5.74, 6) is 0.497. The number of aromatic nitrogens is 1. The number of hydrogen-bond donors (Lipinski definition) is 0. The second-order valence-corrected chi connectivity index (χ2v) is 4.21. The van der Waals surface area contributed by atoms with E-state index < -0.39 is 4.92 Å². The Labute approximate surface area is 93.8 Å². The maximum Gasteiger partial charge on any atom is 0.364 e. The van der Waals surface area contributed by atoms with Crippen LogP contribution in [0.3, 0.4) is 0 Å². The summed E-state index contributed by atoms with van der Waals surface area (Å²) in [6.45, 7) is 0. The molecule has 0 atom stereocenters. The number of rotatable bonds is 3. The van der Waals surface area contributed by atoms with Gasteiger partial charge in [-0.05, 0) is 45.3 Å². The summed E-state index contributed by atoms with van der Waals surface area (Å²) in [5.41, 5.74) is 0. The first-order valence-corrected chi connectivity index (χ1v) is 5.21. The van der Waals surface area contributed by atoms with Crippen LogP contribution in [0.15, 0.2) is 12.3 Å². The molecule has 74 valence electrons. The molecule has 0 bridgehead atoms. The van der Waals surface area contributed by atoms with Gasteiger partial charge in [0, 0.05) is 0 Å². The van der Waals surface area contributed by atoms with Crippen molar-refractivity contribution in [3.63, 3.8) is 0 Å². The van der Waals surface area contributed by atoms with E-state index in [9.17, 15) is 10.1 Å². The number of hydrogen-bond acceptors (Lipinski definition) is 4. The van der Waals surface area contributed by atoms with Crippen LogP contribution >= 0.6 is 22.6 Å². The average molecular weight is 306 g/mol. The lowest BCUT2D eigenvalue weighted by Crippen LogP contribution is -2.00. The van der Waals surface area contributed by atoms with Crippen LogP contribution in [-0.4, -0.2) is 16.0 Å². The Morgan fingerprint density at radius 2 is 2.36 bits per heavy atom. The largest absolute Gasteiger partial charge is 0.485 e. The summed E-state index contributed by atoms with van der Waals surface area (Å²) < 4.78 is 6.23. The van der Waals surface area contributed by atoms with E-state index in [2.05, 4.69) is 4.98 Å². The molecule has 1 fully saturated rings. The maximum absolute atomic E-state index is 10.4. The minimum atomic E-state index is -0.511. The van der Waals surface area contributed by atoms with E-state index in [1.165, 1.54) is 12.3 Å². The molecule has 6 heteroatoms. The Kier molecular flexibility index (Phi) is 2.53. The number of pyridine rings is 1. The first kappa shape index (κ1) is 9.63. The minimum absolute atomic E-state index is 0.141. The first-order valence-electron chi connectivity index (χ1n) is 4.13. The van der Waals surface area contributed by atoms with Crippen molar-refractivity contribution in [2.45, 2.75) is 18.9 Å². The zero-order chi connectivity index (χ0) is 10.1. The molecule has 0 aromatic carbocycles. The number of nitrogens with zero attached hydrogens (tertiary/aromatic N) is 2. The van der Waals surface area contributed by atoms with Gasteiger partial charge in [-0.25, -0.2) is 0 Å². The highest BCUT2D eigenvalue weighted by molar-refractivity contribution is 14.1. The summed E-state index contributed by atoms with van der Waals surface area (Å²) in [6.07, 6.45) is 3.82. The number of nitro groups is 1. The van der Waals surface area contributed by atoms with Gasteiger partial charge in [-0.1, -0.05) is 0 Å². The molecule has 1 aromatic rings. The highest BCUT2D eigenvalue weighted by Crippen LogP contribution is 2.30. The molecule has 1 aliphatic rings. The lowest BCUT2D eigenvalue weighted by Gasteiger charge is -2.03. The third kappa shape index (κ3) is 2.11. The maximum atomic E-state index is 10.4. The smallest absolute Gasteiger partial charge is 0.364 e. The number of ether oxygens (including phenoxy) is 1. The van der Waals surface area contributed by atoms with E-state index >= 15 is 0 Å². The van der Waals surface area contributed by atoms with E-state index in [4.69, 9.17) is 4.74 Å². The molecule has 1 heterocycles. The van der Waals surface area contributed by atoms with E-state index in [0.29, 0.717) is 5.75 Å². The van der Waals surface area contributed by atoms with Gasteiger partial charge >= 0.3 is 5.82 Å². The minimum Gasteiger partial charge on any atom is -0.485 e. The predicted molar refractivity (Wildman–Crippen MR) is 57.3 cm³/mol. The summed E-state index contributed by atoms with van der Waals surface area (Å²) >= 11 is 2.01. The molecule has 0 amide bonds. The highest BCUT2D eigenvalue weighted by atomic mass is 127. The van der Waals surface area contributed by atoms with Crippen LogP contribution in [0.1, 0.15) is 12.8 Å². The third-order valence-corrected chi connectivity index (χ3v) is 2.65. The quantitative estimate of drug-likeness (QED) is 0.487. The van der Waals surface area contributed by atoms with Crippen molar-refractivity contribution < 1.29 is 9.66 Å². The van der Waals surface area contributed by atoms with Crippen LogP contribution in [0.4, 0.5) is 5.82 Å². The van der Waals surface area contributed by atoms with Crippen molar-refractivity contribution in [2.24, 2.45) is 0 Å². The number of halogens is 1. The van der Waals surface area contributed by atoms with Crippen LogP contribution in [0, 0.1) is 13.7 Å². The topological polar surface area (TPSA) is 65.3 Å². The van der Waals surface area contributed by atoms with Crippen molar-refractivity contribution in [1.29, 1.82) is 0 Å². The van der Waals surface area contributed by atoms with Crippen LogP contribution < -0.4 is 4.74 Å². The third-order valence-electron chi connectivity index (χ3n) is 1.81. The Bertz CT molecular complexity index is 379. The lowest BCUT2D eigenvalue weighted by molar-refractivity contribution is -0.389. The molecule has 5 nitrogen and oxygen atoms in total. The fraction of sp³-hybridized carbons (Fsp3) is 0.375. The van der Waals surface area contributed by atoms with Gasteiger partial charge in [-0.3, -0.25) is 0 Å². The summed E-state index contributed by atoms with van der Waals surface area (Å²) in [7, 11) is 0. The fourth-order valence-corrected chi connectivity index (χ4v) is 1.51. The molecular weight excluding hydrogens is 299 g/mol. The lowest BCUT2D eigenvalue weighted by atomic mass is 10.4. The van der Waals surface area contributed by atoms with Crippen molar-refractivity contribution in [3.05, 3.63) is 25.9 Å². The zero-order valence-electron chi connectivity index (χ0n) is 7.14. The zero-order valence-corrected chi connectivity index (χ0v) is 9.30. The Morgan fingerprint density at radius 1 is 1.64 bits per heavy atom. The summed E-state index contributed by atoms with van der Waals surface area (Å²) in [4.78, 5) is 13.6. The Morgan fingerprint density at radius 3 is 2.86 bits per heavy atom. The summed E-state index contributed by atoms with van der Waals surface area (Å²) in [5, 5.41) is 10.4. The molecule has 0 aliphatic heterocycles. The van der Waals surface area contributed by atoms with E-state index in [1.807, 2.05) is 22.6 Å². The molecule has 1 aliphatic carbocycles. The second-order valence-electron chi connectivity index (χ2n) is 3.05. The van der Waals surface area contributed by atoms with Crippen LogP contribution in [0.5, 0.6) is 5.75 Å². The van der Waals surface area contributed by atoms with Gasteiger partial charge in [0.1, 0.15) is 0 Å². The SMILES string of the molecule is O=[N+]([O-])c1cc(I)c(OC2CC2)cn1. The molecule has 14 heavy (non-hydrogen) atoms. The molecular formula is C8H7IN2O3. The van der Waals surface area contributed by atoms with Gasteiger partial charge in [0.05, 0.1) is 15.7 Å². The van der Waals surface area contributed by atoms with Crippen molar-refractivity contribution in [3.8, 4) is 5.75 Å². The molecule has 1 aromatic heterocycles. The van der Waals surface area contributed by atoms with E-state index in [1.54, 1.807) is 0 Å². The predicted octanol–water partition coefficient (Wildman–Crippen LogP) is 2.14. The van der Waals surface area contributed by atoms with Crippen molar-refractivity contribution >= 4 is 28.4 Å². The molecule has 0 saturated heterocycles. The molecule has 0 radical (unpaired) electrons. The fourth-order valence-electron chi connectivity index (χ4n) is 0.960. The monoisotopic (exact) mass is 306 g/mol. The second kappa shape index (κ2) is 3.68. The molecule has 0 spiro atoms. The van der Waals surface area contributed by atoms with Gasteiger partial charge in [0.2, 0.25) is 0 Å². The summed E-state index contributed by atoms with van der Waals surface area (Å²) in [6, 6.07) is 1.41. The van der Waals surface area contributed by atoms with Crippen LogP contribution in [0.25, 0.3) is 0 Å². The van der Waals surface area contributed by atoms with Gasteiger partial charge in [-0.2, -0.15) is 0 Å². The molecule has 1 saturated carbocycles. The van der Waals surface area contributed by atoms with E-state index in [-0.39, 0.29) is 11.9 Å². The highest BCUT2D eigenvalue weighted by Gasteiger charge is 2.25. The van der Waals surface area contributed by atoms with Gasteiger partial charge in [0.15, 0.2) is 11.9 Å². The van der Waals surface area contributed by atoms with Crippen molar-refractivity contribution in [1.82, 2.24) is 4.98 Å². The first-order chi connectivity index (χ1) is 6.66. The van der Waals surface area contributed by atoms with Crippen molar-refractivity contribution in [2.75, 3.05) is 0 Å². The van der Waals surface area contributed by atoms with Gasteiger partial charge in [0.25, 0.3) is 0 Å². The standard InChI is InChI=1S/C8H7IN2O3/c9-6-3-8(11(12)13)10-4-7(6)14-5-1-2-5/h3-5H,1-2H2. The van der Waals surface area contributed by atoms with Crippen LogP contribution in [-0.2, 0) is 0 Å². The van der Waals surface area contributed by atoms with Crippen LogP contribution in [0.2, 0.25) is 0 Å². The average Bonchev–Trinajstić information content (AvgIpc) is 2.92.